The van der Waals surface area contributed by atoms with Crippen LogP contribution < -0.4 is 15.1 Å². The van der Waals surface area contributed by atoms with Gasteiger partial charge in [0.05, 0.1) is 36.1 Å². The molecule has 3 heterocycles. The van der Waals surface area contributed by atoms with Crippen LogP contribution in [0.3, 0.4) is 0 Å². The van der Waals surface area contributed by atoms with Gasteiger partial charge >= 0.3 is 0 Å². The molecule has 1 aliphatic rings. The number of amides is 2. The van der Waals surface area contributed by atoms with Crippen LogP contribution in [0.1, 0.15) is 23.3 Å². The van der Waals surface area contributed by atoms with Gasteiger partial charge in [-0.25, -0.2) is 10.2 Å². The zero-order valence-electron chi connectivity index (χ0n) is 20.4. The minimum atomic E-state index is -0.413. The van der Waals surface area contributed by atoms with E-state index in [0.717, 1.165) is 28.1 Å². The second-order valence-corrected chi connectivity index (χ2v) is 10.1. The molecule has 4 aromatic rings. The van der Waals surface area contributed by atoms with Gasteiger partial charge in [0, 0.05) is 11.1 Å². The van der Waals surface area contributed by atoms with Crippen LogP contribution in [0.15, 0.2) is 71.4 Å². The average molecular weight is 535 g/mol. The van der Waals surface area contributed by atoms with Crippen molar-refractivity contribution in [1.82, 2.24) is 15.3 Å². The Balaban J connectivity index is 1.76. The Kier molecular flexibility index (Phi) is 7.59. The van der Waals surface area contributed by atoms with Gasteiger partial charge < -0.3 is 4.74 Å². The number of thiophene rings is 1. The van der Waals surface area contributed by atoms with E-state index in [0.29, 0.717) is 18.2 Å². The van der Waals surface area contributed by atoms with E-state index in [2.05, 4.69) is 16.9 Å². The van der Waals surface area contributed by atoms with Crippen molar-refractivity contribution in [1.29, 1.82) is 0 Å². The molecule has 0 spiro atoms. The number of rotatable bonds is 8. The molecule has 2 aromatic carbocycles. The number of fused-ring (bicyclic) bond motifs is 1. The number of nitrogens with one attached hydrogen (secondary N) is 1. The lowest BCUT2D eigenvalue weighted by molar-refractivity contribution is -0.132. The summed E-state index contributed by atoms with van der Waals surface area (Å²) in [6.07, 6.45) is 0. The molecule has 0 fully saturated rings. The van der Waals surface area contributed by atoms with Gasteiger partial charge in [0.1, 0.15) is 18.1 Å². The van der Waals surface area contributed by atoms with Crippen LogP contribution in [0.2, 0.25) is 0 Å². The smallest absolute Gasteiger partial charge is 0.263 e. The van der Waals surface area contributed by atoms with Gasteiger partial charge in [0.25, 0.3) is 5.91 Å². The number of aromatic nitrogens is 2. The lowest BCUT2D eigenvalue weighted by Crippen LogP contribution is -2.42. The molecule has 10 heteroatoms. The molecule has 1 aliphatic heterocycles. The number of anilines is 1. The Morgan fingerprint density at radius 3 is 2.59 bits per heavy atom. The van der Waals surface area contributed by atoms with E-state index in [-0.39, 0.29) is 23.5 Å². The van der Waals surface area contributed by atoms with Gasteiger partial charge in [0.2, 0.25) is 5.91 Å². The van der Waals surface area contributed by atoms with Crippen molar-refractivity contribution in [2.24, 2.45) is 0 Å². The van der Waals surface area contributed by atoms with E-state index >= 15 is 0 Å². The van der Waals surface area contributed by atoms with E-state index in [1.54, 1.807) is 41.8 Å². The van der Waals surface area contributed by atoms with Gasteiger partial charge in [-0.3, -0.25) is 19.3 Å². The first kappa shape index (κ1) is 25.1. The standard InChI is InChI=1S/C27H26N4O4S2/c1-3-35-29-22(32)15-30-23(33)17-37-26(19-13-14-36-16-19)24-25(18-7-5-4-6-8-18)28-31(27(24)30)20-9-11-21(34-2)12-10-20/h4-14,16,26H,3,15,17H2,1-2H3,(H,29,32). The van der Waals surface area contributed by atoms with Crippen molar-refractivity contribution in [2.45, 2.75) is 12.2 Å². The average Bonchev–Trinajstić information content (AvgIpc) is 3.58. The summed E-state index contributed by atoms with van der Waals surface area (Å²) in [5.41, 5.74) is 6.84. The zero-order chi connectivity index (χ0) is 25.8. The molecular formula is C27H26N4O4S2. The summed E-state index contributed by atoms with van der Waals surface area (Å²) >= 11 is 3.16. The fourth-order valence-corrected chi connectivity index (χ4v) is 6.21. The van der Waals surface area contributed by atoms with E-state index in [9.17, 15) is 9.59 Å². The van der Waals surface area contributed by atoms with Crippen LogP contribution in [0.5, 0.6) is 5.75 Å². The Labute approximate surface area is 223 Å². The third-order valence-electron chi connectivity index (χ3n) is 5.93. The third kappa shape index (κ3) is 5.13. The molecule has 8 nitrogen and oxygen atoms in total. The number of carbonyl (C=O) groups is 2. The molecule has 0 saturated carbocycles. The summed E-state index contributed by atoms with van der Waals surface area (Å²) in [7, 11) is 1.61. The summed E-state index contributed by atoms with van der Waals surface area (Å²) in [4.78, 5) is 33.0. The van der Waals surface area contributed by atoms with Gasteiger partial charge in [-0.15, -0.1) is 11.8 Å². The number of thioether (sulfide) groups is 1. The maximum atomic E-state index is 13.6. The highest BCUT2D eigenvalue weighted by atomic mass is 32.2. The predicted molar refractivity (Wildman–Crippen MR) is 146 cm³/mol. The Morgan fingerprint density at radius 1 is 1.14 bits per heavy atom. The van der Waals surface area contributed by atoms with Crippen LogP contribution in [-0.2, 0) is 14.4 Å². The normalized spacial score (nSPS) is 15.2. The van der Waals surface area contributed by atoms with Crippen molar-refractivity contribution < 1.29 is 19.2 Å². The fraction of sp³-hybridized carbons (Fsp3) is 0.222. The van der Waals surface area contributed by atoms with E-state index in [1.165, 1.54) is 4.90 Å². The predicted octanol–water partition coefficient (Wildman–Crippen LogP) is 4.85. The number of methoxy groups -OCH3 is 1. The molecule has 2 aromatic heterocycles. The topological polar surface area (TPSA) is 85.7 Å². The van der Waals surface area contributed by atoms with Crippen molar-refractivity contribution in [3.63, 3.8) is 0 Å². The number of hydroxylamine groups is 1. The number of carbonyl (C=O) groups excluding carboxylic acids is 2. The highest BCUT2D eigenvalue weighted by molar-refractivity contribution is 8.00. The van der Waals surface area contributed by atoms with Crippen molar-refractivity contribution >= 4 is 40.7 Å². The van der Waals surface area contributed by atoms with Crippen molar-refractivity contribution in [3.8, 4) is 22.7 Å². The lowest BCUT2D eigenvalue weighted by Gasteiger charge is -2.23. The van der Waals surface area contributed by atoms with Crippen LogP contribution in [0, 0.1) is 0 Å². The van der Waals surface area contributed by atoms with Gasteiger partial charge in [-0.2, -0.15) is 16.4 Å². The van der Waals surface area contributed by atoms with E-state index in [1.807, 2.05) is 60.0 Å². The molecule has 2 amide bonds. The third-order valence-corrected chi connectivity index (χ3v) is 7.89. The summed E-state index contributed by atoms with van der Waals surface area (Å²) < 4.78 is 7.10. The van der Waals surface area contributed by atoms with Crippen LogP contribution in [-0.4, -0.2) is 47.6 Å². The molecule has 0 saturated heterocycles. The molecule has 1 unspecified atom stereocenters. The molecule has 1 N–H and O–H groups in total. The largest absolute Gasteiger partial charge is 0.497 e. The minimum Gasteiger partial charge on any atom is -0.497 e. The second kappa shape index (κ2) is 11.2. The summed E-state index contributed by atoms with van der Waals surface area (Å²) in [5.74, 6) is 0.908. The number of ether oxygens (including phenoxy) is 1. The van der Waals surface area contributed by atoms with Crippen molar-refractivity contribution in [2.75, 3.05) is 30.9 Å². The molecule has 0 aliphatic carbocycles. The molecule has 1 atom stereocenters. The van der Waals surface area contributed by atoms with Gasteiger partial charge in [0.15, 0.2) is 0 Å². The minimum absolute atomic E-state index is 0.146. The monoisotopic (exact) mass is 534 g/mol. The highest BCUT2D eigenvalue weighted by Crippen LogP contribution is 2.48. The summed E-state index contributed by atoms with van der Waals surface area (Å²) in [5, 5.41) is 9.04. The van der Waals surface area contributed by atoms with E-state index < -0.39 is 5.91 Å². The van der Waals surface area contributed by atoms with Gasteiger partial charge in [-0.05, 0) is 53.6 Å². The number of hydrogen-bond donors (Lipinski definition) is 1. The molecule has 190 valence electrons. The van der Waals surface area contributed by atoms with Gasteiger partial charge in [-0.1, -0.05) is 30.3 Å². The van der Waals surface area contributed by atoms with E-state index in [4.69, 9.17) is 14.7 Å². The first-order valence-corrected chi connectivity index (χ1v) is 13.8. The Morgan fingerprint density at radius 2 is 1.92 bits per heavy atom. The van der Waals surface area contributed by atoms with Crippen LogP contribution >= 0.6 is 23.1 Å². The van der Waals surface area contributed by atoms with Crippen molar-refractivity contribution in [3.05, 3.63) is 82.6 Å². The lowest BCUT2D eigenvalue weighted by atomic mass is 10.0. The highest BCUT2D eigenvalue weighted by Gasteiger charge is 2.37. The number of hydrogen-bond acceptors (Lipinski definition) is 7. The molecule has 5 rings (SSSR count). The Bertz CT molecular complexity index is 1370. The molecule has 0 bridgehead atoms. The first-order chi connectivity index (χ1) is 18.1. The maximum Gasteiger partial charge on any atom is 0.263 e. The second-order valence-electron chi connectivity index (χ2n) is 8.25. The summed E-state index contributed by atoms with van der Waals surface area (Å²) in [6, 6.07) is 19.5. The fourth-order valence-electron chi connectivity index (χ4n) is 4.25. The molecule has 37 heavy (non-hydrogen) atoms. The first-order valence-electron chi connectivity index (χ1n) is 11.8. The maximum absolute atomic E-state index is 13.6. The van der Waals surface area contributed by atoms with Crippen LogP contribution in [0.4, 0.5) is 5.82 Å². The molecular weight excluding hydrogens is 508 g/mol. The zero-order valence-corrected chi connectivity index (χ0v) is 22.1. The number of benzene rings is 2. The van der Waals surface area contributed by atoms with Crippen LogP contribution in [0.25, 0.3) is 16.9 Å². The molecule has 0 radical (unpaired) electrons. The number of nitrogens with zero attached hydrogens (tertiary/aromatic N) is 3. The summed E-state index contributed by atoms with van der Waals surface area (Å²) in [6.45, 7) is 1.91. The SMILES string of the molecule is CCONC(=O)CN1C(=O)CSC(c2ccsc2)c2c(-c3ccccc3)nn(-c3ccc(OC)cc3)c21. The quantitative estimate of drug-likeness (QED) is 0.326. The Hall–Kier alpha value is -3.60.